The number of aromatic nitrogens is 1. The molecule has 3 rings (SSSR count). The lowest BCUT2D eigenvalue weighted by Gasteiger charge is -2.25. The third-order valence-electron chi connectivity index (χ3n) is 3.02. The van der Waals surface area contributed by atoms with Gasteiger partial charge >= 0.3 is 0 Å². The molecule has 0 saturated carbocycles. The fourth-order valence-corrected chi connectivity index (χ4v) is 2.04. The van der Waals surface area contributed by atoms with Crippen molar-refractivity contribution in [3.63, 3.8) is 0 Å². The van der Waals surface area contributed by atoms with Crippen molar-refractivity contribution < 1.29 is 0 Å². The zero-order valence-corrected chi connectivity index (χ0v) is 10.2. The third kappa shape index (κ3) is 1.99. The Bertz CT molecular complexity index is 517. The number of nitrogens with one attached hydrogen (secondary N) is 1. The molecule has 1 unspecified atom stereocenters. The van der Waals surface area contributed by atoms with Gasteiger partial charge in [-0.1, -0.05) is 6.07 Å². The molecule has 0 saturated heterocycles. The highest BCUT2D eigenvalue weighted by atomic mass is 15.3. The molecule has 0 spiro atoms. The monoisotopic (exact) mass is 241 g/mol. The van der Waals surface area contributed by atoms with Crippen molar-refractivity contribution in [3.8, 4) is 0 Å². The van der Waals surface area contributed by atoms with E-state index in [0.717, 1.165) is 23.9 Å². The maximum absolute atomic E-state index is 4.55. The molecule has 5 nitrogen and oxygen atoms in total. The Hall–Kier alpha value is -2.17. The van der Waals surface area contributed by atoms with Crippen LogP contribution in [0.2, 0.25) is 0 Å². The second kappa shape index (κ2) is 4.60. The van der Waals surface area contributed by atoms with E-state index in [1.54, 1.807) is 6.20 Å². The maximum atomic E-state index is 4.55. The van der Waals surface area contributed by atoms with Gasteiger partial charge in [0.15, 0.2) is 11.7 Å². The fourth-order valence-electron chi connectivity index (χ4n) is 2.04. The molecule has 0 aromatic carbocycles. The van der Waals surface area contributed by atoms with Gasteiger partial charge in [-0.25, -0.2) is 0 Å². The van der Waals surface area contributed by atoms with Crippen LogP contribution in [0.1, 0.15) is 12.6 Å². The summed E-state index contributed by atoms with van der Waals surface area (Å²) in [6.07, 6.45) is 5.69. The molecule has 0 bridgehead atoms. The number of hydrogen-bond donors (Lipinski definition) is 1. The van der Waals surface area contributed by atoms with Crippen molar-refractivity contribution in [2.75, 3.05) is 6.54 Å². The molecule has 0 fully saturated rings. The van der Waals surface area contributed by atoms with Crippen LogP contribution in [0.3, 0.4) is 0 Å². The molecule has 0 amide bonds. The van der Waals surface area contributed by atoms with E-state index in [0.29, 0.717) is 12.6 Å². The standard InChI is InChI=1S/C13H15N5/c1-10-8-17-13-12(15-6-7-18(10)13)16-9-11-4-2-3-5-14-11/h2-7,10H,8-9H2,1H3,(H,15,16). The Kier molecular flexibility index (Phi) is 2.80. The summed E-state index contributed by atoms with van der Waals surface area (Å²) in [5.41, 5.74) is 0.958. The Morgan fingerprint density at radius 3 is 3.28 bits per heavy atom. The second-order valence-electron chi connectivity index (χ2n) is 4.37. The van der Waals surface area contributed by atoms with Gasteiger partial charge in [-0.2, -0.15) is 0 Å². The Morgan fingerprint density at radius 1 is 1.50 bits per heavy atom. The second-order valence-corrected chi connectivity index (χ2v) is 4.37. The Morgan fingerprint density at radius 2 is 2.44 bits per heavy atom. The van der Waals surface area contributed by atoms with Gasteiger partial charge in [0.05, 0.1) is 24.8 Å². The molecule has 2 aliphatic heterocycles. The summed E-state index contributed by atoms with van der Waals surface area (Å²) in [4.78, 5) is 15.5. The van der Waals surface area contributed by atoms with E-state index in [2.05, 4.69) is 32.1 Å². The van der Waals surface area contributed by atoms with Gasteiger partial charge in [-0.15, -0.1) is 0 Å². The van der Waals surface area contributed by atoms with Crippen molar-refractivity contribution in [3.05, 3.63) is 42.5 Å². The molecule has 1 N–H and O–H groups in total. The third-order valence-corrected chi connectivity index (χ3v) is 3.02. The van der Waals surface area contributed by atoms with Gasteiger partial charge in [0.25, 0.3) is 0 Å². The normalized spacial score (nSPS) is 23.8. The number of pyridine rings is 1. The predicted molar refractivity (Wildman–Crippen MR) is 71.3 cm³/mol. The van der Waals surface area contributed by atoms with Crippen LogP contribution < -0.4 is 5.32 Å². The molecule has 92 valence electrons. The van der Waals surface area contributed by atoms with Crippen molar-refractivity contribution in [2.24, 2.45) is 9.98 Å². The average Bonchev–Trinajstić information content (AvgIpc) is 2.80. The van der Waals surface area contributed by atoms with Gasteiger partial charge in [0.2, 0.25) is 0 Å². The van der Waals surface area contributed by atoms with Crippen LogP contribution in [0.25, 0.3) is 0 Å². The largest absolute Gasteiger partial charge is 0.342 e. The molecule has 2 aliphatic rings. The molecule has 1 aromatic heterocycles. The van der Waals surface area contributed by atoms with E-state index in [1.807, 2.05) is 30.6 Å². The molecule has 0 radical (unpaired) electrons. The lowest BCUT2D eigenvalue weighted by molar-refractivity contribution is 0.471. The van der Waals surface area contributed by atoms with E-state index in [9.17, 15) is 0 Å². The van der Waals surface area contributed by atoms with Crippen LogP contribution in [0, 0.1) is 0 Å². The minimum absolute atomic E-state index is 0.415. The highest BCUT2D eigenvalue weighted by Crippen LogP contribution is 2.14. The summed E-state index contributed by atoms with van der Waals surface area (Å²) in [5, 5.41) is 3.15. The van der Waals surface area contributed by atoms with Crippen molar-refractivity contribution in [1.29, 1.82) is 0 Å². The number of fused-ring (bicyclic) bond motifs is 1. The van der Waals surface area contributed by atoms with E-state index < -0.39 is 0 Å². The lowest BCUT2D eigenvalue weighted by Crippen LogP contribution is -2.43. The van der Waals surface area contributed by atoms with Crippen molar-refractivity contribution in [1.82, 2.24) is 15.2 Å². The molecular weight excluding hydrogens is 226 g/mol. The van der Waals surface area contributed by atoms with Crippen molar-refractivity contribution >= 4 is 11.7 Å². The Labute approximate surface area is 106 Å². The summed E-state index contributed by atoms with van der Waals surface area (Å²) in [7, 11) is 0. The van der Waals surface area contributed by atoms with Crippen LogP contribution in [0.4, 0.5) is 0 Å². The summed E-state index contributed by atoms with van der Waals surface area (Å²) in [6.45, 7) is 3.55. The minimum atomic E-state index is 0.415. The molecule has 1 aromatic rings. The van der Waals surface area contributed by atoms with Gasteiger partial charge in [-0.3, -0.25) is 15.0 Å². The van der Waals surface area contributed by atoms with Crippen LogP contribution in [-0.4, -0.2) is 34.1 Å². The first-order valence-electron chi connectivity index (χ1n) is 6.05. The summed E-state index contributed by atoms with van der Waals surface area (Å²) < 4.78 is 0. The average molecular weight is 241 g/mol. The van der Waals surface area contributed by atoms with Crippen LogP contribution >= 0.6 is 0 Å². The number of amidine groups is 2. The van der Waals surface area contributed by atoms with Crippen molar-refractivity contribution in [2.45, 2.75) is 19.5 Å². The van der Waals surface area contributed by atoms with E-state index in [1.165, 1.54) is 0 Å². The van der Waals surface area contributed by atoms with E-state index in [4.69, 9.17) is 0 Å². The van der Waals surface area contributed by atoms with E-state index in [-0.39, 0.29) is 0 Å². The zero-order chi connectivity index (χ0) is 12.4. The van der Waals surface area contributed by atoms with Gasteiger partial charge in [-0.05, 0) is 19.1 Å². The zero-order valence-electron chi connectivity index (χ0n) is 10.2. The SMILES string of the molecule is CC1CN=C2C(=NCc3ccccn3)NC=CN21. The molecule has 3 heterocycles. The van der Waals surface area contributed by atoms with Gasteiger partial charge in [0.1, 0.15) is 0 Å². The molecule has 18 heavy (non-hydrogen) atoms. The highest BCUT2D eigenvalue weighted by Gasteiger charge is 2.27. The molecule has 0 aliphatic carbocycles. The number of nitrogens with zero attached hydrogens (tertiary/aromatic N) is 4. The highest BCUT2D eigenvalue weighted by molar-refractivity contribution is 6.41. The van der Waals surface area contributed by atoms with Crippen LogP contribution in [-0.2, 0) is 6.54 Å². The lowest BCUT2D eigenvalue weighted by atomic mass is 10.3. The van der Waals surface area contributed by atoms with Crippen LogP contribution in [0.5, 0.6) is 0 Å². The smallest absolute Gasteiger partial charge is 0.171 e. The van der Waals surface area contributed by atoms with E-state index >= 15 is 0 Å². The topological polar surface area (TPSA) is 52.9 Å². The van der Waals surface area contributed by atoms with Gasteiger partial charge in [0, 0.05) is 18.6 Å². The fraction of sp³-hybridized carbons (Fsp3) is 0.308. The number of hydrogen-bond acceptors (Lipinski definition) is 4. The first kappa shape index (κ1) is 11.0. The molecule has 1 atom stereocenters. The molecule has 5 heteroatoms. The number of rotatable bonds is 2. The quantitative estimate of drug-likeness (QED) is 0.845. The minimum Gasteiger partial charge on any atom is -0.342 e. The summed E-state index contributed by atoms with van der Waals surface area (Å²) in [6, 6.07) is 6.26. The summed E-state index contributed by atoms with van der Waals surface area (Å²) in [5.74, 6) is 1.76. The first-order valence-corrected chi connectivity index (χ1v) is 6.05. The summed E-state index contributed by atoms with van der Waals surface area (Å²) >= 11 is 0. The Balaban J connectivity index is 1.79. The van der Waals surface area contributed by atoms with Crippen LogP contribution in [0.15, 0.2) is 46.8 Å². The van der Waals surface area contributed by atoms with Gasteiger partial charge < -0.3 is 10.2 Å². The number of aliphatic imine (C=N–C) groups is 2. The molecular formula is C13H15N5. The first-order chi connectivity index (χ1) is 8.84. The predicted octanol–water partition coefficient (Wildman–Crippen LogP) is 1.16. The maximum Gasteiger partial charge on any atom is 0.171 e.